The standard InChI is InChI=1S/C9H2BrF5O/c10-8(13)7(16)3-1-5(11)6(12)2-4(3)9(8,14)15/h1-2H. The van der Waals surface area contributed by atoms with Crippen molar-refractivity contribution < 1.29 is 26.7 Å². The van der Waals surface area contributed by atoms with Crippen molar-refractivity contribution in [2.45, 2.75) is 10.5 Å². The van der Waals surface area contributed by atoms with E-state index in [2.05, 4.69) is 0 Å². The van der Waals surface area contributed by atoms with Crippen molar-refractivity contribution in [1.29, 1.82) is 0 Å². The molecule has 1 aliphatic rings. The van der Waals surface area contributed by atoms with Crippen molar-refractivity contribution >= 4 is 21.7 Å². The second-order valence-electron chi connectivity index (χ2n) is 3.29. The Hall–Kier alpha value is -0.980. The summed E-state index contributed by atoms with van der Waals surface area (Å²) in [6.45, 7) is 0. The normalized spacial score (nSPS) is 27.0. The lowest BCUT2D eigenvalue weighted by Crippen LogP contribution is -2.36. The minimum atomic E-state index is -4.23. The van der Waals surface area contributed by atoms with Gasteiger partial charge in [0, 0.05) is 11.1 Å². The van der Waals surface area contributed by atoms with Crippen LogP contribution in [0.3, 0.4) is 0 Å². The smallest absolute Gasteiger partial charge is 0.289 e. The van der Waals surface area contributed by atoms with Gasteiger partial charge in [0.15, 0.2) is 11.6 Å². The summed E-state index contributed by atoms with van der Waals surface area (Å²) in [4.78, 5) is 11.2. The summed E-state index contributed by atoms with van der Waals surface area (Å²) in [7, 11) is 0. The molecule has 1 unspecified atom stereocenters. The summed E-state index contributed by atoms with van der Waals surface area (Å²) in [5.74, 6) is -8.88. The number of carbonyl (C=O) groups is 1. The molecule has 0 amide bonds. The molecule has 0 fully saturated rings. The van der Waals surface area contributed by atoms with Crippen LogP contribution < -0.4 is 0 Å². The van der Waals surface area contributed by atoms with Crippen molar-refractivity contribution in [3.05, 3.63) is 34.9 Å². The molecule has 1 aliphatic carbocycles. The van der Waals surface area contributed by atoms with E-state index in [-0.39, 0.29) is 12.1 Å². The van der Waals surface area contributed by atoms with E-state index in [1.54, 1.807) is 0 Å². The number of carbonyl (C=O) groups excluding carboxylic acids is 1. The highest BCUT2D eigenvalue weighted by Crippen LogP contribution is 2.54. The number of ketones is 1. The molecule has 86 valence electrons. The predicted octanol–water partition coefficient (Wildman–Crippen LogP) is 3.31. The Labute approximate surface area is 94.4 Å². The molecule has 2 rings (SSSR count). The van der Waals surface area contributed by atoms with Gasteiger partial charge in [-0.15, -0.1) is 0 Å². The van der Waals surface area contributed by atoms with Gasteiger partial charge < -0.3 is 0 Å². The second-order valence-corrected chi connectivity index (χ2v) is 4.38. The molecule has 1 nitrogen and oxygen atoms in total. The lowest BCUT2D eigenvalue weighted by atomic mass is 10.1. The van der Waals surface area contributed by atoms with Crippen molar-refractivity contribution in [2.24, 2.45) is 0 Å². The van der Waals surface area contributed by atoms with Gasteiger partial charge >= 0.3 is 5.92 Å². The molecule has 0 bridgehead atoms. The van der Waals surface area contributed by atoms with Crippen LogP contribution >= 0.6 is 15.9 Å². The van der Waals surface area contributed by atoms with E-state index >= 15 is 0 Å². The Morgan fingerprint density at radius 1 is 1.06 bits per heavy atom. The molecule has 7 heteroatoms. The predicted molar refractivity (Wildman–Crippen MR) is 47.3 cm³/mol. The van der Waals surface area contributed by atoms with E-state index in [4.69, 9.17) is 0 Å². The fourth-order valence-corrected chi connectivity index (χ4v) is 1.90. The number of fused-ring (bicyclic) bond motifs is 1. The van der Waals surface area contributed by atoms with Crippen molar-refractivity contribution in [3.63, 3.8) is 0 Å². The second kappa shape index (κ2) is 3.03. The highest BCUT2D eigenvalue weighted by atomic mass is 79.9. The Balaban J connectivity index is 2.78. The van der Waals surface area contributed by atoms with Crippen LogP contribution in [0.2, 0.25) is 0 Å². The van der Waals surface area contributed by atoms with Crippen LogP contribution in [-0.2, 0) is 5.92 Å². The summed E-state index contributed by atoms with van der Waals surface area (Å²) >= 11 is 1.95. The van der Waals surface area contributed by atoms with Crippen molar-refractivity contribution in [3.8, 4) is 0 Å². The van der Waals surface area contributed by atoms with Crippen LogP contribution in [0.4, 0.5) is 22.0 Å². The van der Waals surface area contributed by atoms with E-state index in [1.807, 2.05) is 15.9 Å². The number of rotatable bonds is 0. The van der Waals surface area contributed by atoms with Crippen molar-refractivity contribution in [1.82, 2.24) is 0 Å². The Morgan fingerprint density at radius 2 is 1.56 bits per heavy atom. The zero-order valence-corrected chi connectivity index (χ0v) is 8.92. The summed E-state index contributed by atoms with van der Waals surface area (Å²) in [5, 5.41) is 0. The molecule has 0 aromatic heterocycles. The topological polar surface area (TPSA) is 17.1 Å². The first-order valence-electron chi connectivity index (χ1n) is 3.99. The first kappa shape index (κ1) is 11.5. The lowest BCUT2D eigenvalue weighted by Gasteiger charge is -2.19. The summed E-state index contributed by atoms with van der Waals surface area (Å²) < 4.78 is 61.9. The number of Topliss-reactive ketones (excluding diaryl/α,β-unsaturated/α-hetero) is 1. The van der Waals surface area contributed by atoms with E-state index in [1.165, 1.54) is 0 Å². The molecule has 1 aromatic carbocycles. The molecule has 0 saturated heterocycles. The number of hydrogen-bond acceptors (Lipinski definition) is 1. The molecule has 1 atom stereocenters. The van der Waals surface area contributed by atoms with E-state index in [9.17, 15) is 26.7 Å². The fraction of sp³-hybridized carbons (Fsp3) is 0.222. The maximum absolute atomic E-state index is 13.4. The largest absolute Gasteiger partial charge is 0.324 e. The summed E-state index contributed by atoms with van der Waals surface area (Å²) in [6, 6.07) is 0.397. The molecule has 0 saturated carbocycles. The Bertz CT molecular complexity index is 497. The van der Waals surface area contributed by atoms with E-state index in [0.717, 1.165) is 0 Å². The van der Waals surface area contributed by atoms with Gasteiger partial charge in [-0.1, -0.05) is 0 Å². The monoisotopic (exact) mass is 300 g/mol. The lowest BCUT2D eigenvalue weighted by molar-refractivity contribution is -0.0681. The maximum atomic E-state index is 13.4. The zero-order chi connectivity index (χ0) is 12.3. The van der Waals surface area contributed by atoms with Crippen molar-refractivity contribution in [2.75, 3.05) is 0 Å². The highest BCUT2D eigenvalue weighted by Gasteiger charge is 2.66. The number of hydrogen-bond donors (Lipinski definition) is 0. The quantitative estimate of drug-likeness (QED) is 0.531. The van der Waals surface area contributed by atoms with Gasteiger partial charge in [-0.05, 0) is 28.1 Å². The van der Waals surface area contributed by atoms with Crippen LogP contribution in [0, 0.1) is 11.6 Å². The molecule has 0 heterocycles. The van der Waals surface area contributed by atoms with Gasteiger partial charge in [0.25, 0.3) is 4.58 Å². The number of alkyl halides is 4. The van der Waals surface area contributed by atoms with Crippen LogP contribution in [0.5, 0.6) is 0 Å². The zero-order valence-electron chi connectivity index (χ0n) is 7.33. The van der Waals surface area contributed by atoms with E-state index < -0.39 is 39.0 Å². The molecule has 0 aliphatic heterocycles. The molecular weight excluding hydrogens is 299 g/mol. The third-order valence-corrected chi connectivity index (χ3v) is 3.18. The average Bonchev–Trinajstić information content (AvgIpc) is 2.29. The van der Waals surface area contributed by atoms with Crippen LogP contribution in [-0.4, -0.2) is 10.4 Å². The number of halogens is 6. The molecule has 0 N–H and O–H groups in total. The van der Waals surface area contributed by atoms with Crippen LogP contribution in [0.15, 0.2) is 12.1 Å². The first-order chi connectivity index (χ1) is 7.19. The van der Waals surface area contributed by atoms with Gasteiger partial charge in [0.2, 0.25) is 5.78 Å². The molecule has 0 spiro atoms. The minimum absolute atomic E-state index is 0.130. The Morgan fingerprint density at radius 3 is 2.12 bits per heavy atom. The van der Waals surface area contributed by atoms with Gasteiger partial charge in [-0.3, -0.25) is 4.79 Å². The average molecular weight is 301 g/mol. The molecule has 1 aromatic rings. The van der Waals surface area contributed by atoms with Gasteiger partial charge in [-0.25, -0.2) is 13.2 Å². The van der Waals surface area contributed by atoms with Gasteiger partial charge in [-0.2, -0.15) is 8.78 Å². The number of benzene rings is 1. The third kappa shape index (κ3) is 1.17. The van der Waals surface area contributed by atoms with Gasteiger partial charge in [0.05, 0.1) is 0 Å². The van der Waals surface area contributed by atoms with Crippen LogP contribution in [0.25, 0.3) is 0 Å². The minimum Gasteiger partial charge on any atom is -0.289 e. The molecule has 16 heavy (non-hydrogen) atoms. The fourth-order valence-electron chi connectivity index (χ4n) is 1.48. The SMILES string of the molecule is O=C1c2cc(F)c(F)cc2C(F)(F)C1(F)Br. The Kier molecular flexibility index (Phi) is 2.18. The highest BCUT2D eigenvalue weighted by molar-refractivity contribution is 9.10. The van der Waals surface area contributed by atoms with Gasteiger partial charge in [0.1, 0.15) is 0 Å². The molecule has 0 radical (unpaired) electrons. The summed E-state index contributed by atoms with van der Waals surface area (Å²) in [5.41, 5.74) is -2.01. The molecular formula is C9H2BrF5O. The van der Waals surface area contributed by atoms with E-state index in [0.29, 0.717) is 0 Å². The van der Waals surface area contributed by atoms with Crippen LogP contribution in [0.1, 0.15) is 15.9 Å². The summed E-state index contributed by atoms with van der Waals surface area (Å²) in [6.07, 6.45) is 0. The maximum Gasteiger partial charge on any atom is 0.324 e. The third-order valence-electron chi connectivity index (χ3n) is 2.32. The first-order valence-corrected chi connectivity index (χ1v) is 4.79.